The molecule has 0 radical (unpaired) electrons. The molecule has 5 nitrogen and oxygen atoms in total. The van der Waals surface area contributed by atoms with E-state index in [2.05, 4.69) is 82.5 Å². The zero-order valence-corrected chi connectivity index (χ0v) is 22.3. The molecule has 1 aromatic heterocycles. The van der Waals surface area contributed by atoms with Crippen molar-refractivity contribution in [1.82, 2.24) is 9.78 Å². The van der Waals surface area contributed by atoms with E-state index < -0.39 is 5.97 Å². The Labute approximate surface area is 225 Å². The van der Waals surface area contributed by atoms with Crippen molar-refractivity contribution >= 4 is 50.0 Å². The lowest BCUT2D eigenvalue weighted by atomic mass is 9.87. The summed E-state index contributed by atoms with van der Waals surface area (Å²) in [5.74, 6) is -0.958. The van der Waals surface area contributed by atoms with Gasteiger partial charge >= 0.3 is 5.97 Å². The second-order valence-electron chi connectivity index (χ2n) is 9.19. The van der Waals surface area contributed by atoms with E-state index in [1.54, 1.807) is 6.08 Å². The van der Waals surface area contributed by atoms with Gasteiger partial charge in [-0.2, -0.15) is 5.10 Å². The van der Waals surface area contributed by atoms with Crippen LogP contribution >= 0.6 is 15.9 Å². The summed E-state index contributed by atoms with van der Waals surface area (Å²) in [6.07, 6.45) is 8.79. The molecule has 5 rings (SSSR count). The number of halogens is 1. The topological polar surface area (TPSA) is 64.3 Å². The Morgan fingerprint density at radius 2 is 1.78 bits per heavy atom. The number of hydrogen-bond acceptors (Lipinski definition) is 3. The Morgan fingerprint density at radius 3 is 2.46 bits per heavy atom. The number of aromatic nitrogens is 2. The number of rotatable bonds is 7. The van der Waals surface area contributed by atoms with Gasteiger partial charge in [-0.25, -0.2) is 9.48 Å². The molecule has 0 amide bonds. The van der Waals surface area contributed by atoms with Crippen LogP contribution in [0.5, 0.6) is 0 Å². The summed E-state index contributed by atoms with van der Waals surface area (Å²) in [7, 11) is 0. The summed E-state index contributed by atoms with van der Waals surface area (Å²) in [6, 6.07) is 23.0. The molecular formula is C31H29BrN2O3. The third-order valence-corrected chi connectivity index (χ3v) is 7.31. The fourth-order valence-corrected chi connectivity index (χ4v) is 5.24. The third-order valence-electron chi connectivity index (χ3n) is 6.78. The summed E-state index contributed by atoms with van der Waals surface area (Å²) in [6.45, 7) is 2.96. The van der Waals surface area contributed by atoms with Crippen molar-refractivity contribution < 1.29 is 14.6 Å². The van der Waals surface area contributed by atoms with Gasteiger partial charge in [0.15, 0.2) is 6.23 Å². The fraction of sp³-hybridized carbons (Fsp3) is 0.226. The fourth-order valence-electron chi connectivity index (χ4n) is 4.97. The first kappa shape index (κ1) is 25.2. The Morgan fingerprint density at radius 1 is 1.05 bits per heavy atom. The van der Waals surface area contributed by atoms with E-state index in [0.717, 1.165) is 76.0 Å². The normalized spacial score (nSPS) is 16.8. The highest BCUT2D eigenvalue weighted by Crippen LogP contribution is 2.37. The van der Waals surface area contributed by atoms with Gasteiger partial charge in [0, 0.05) is 22.5 Å². The molecule has 0 aliphatic carbocycles. The molecule has 0 saturated carbocycles. The summed E-state index contributed by atoms with van der Waals surface area (Å²) in [5.41, 5.74) is 7.68. The number of benzene rings is 3. The van der Waals surface area contributed by atoms with Crippen LogP contribution in [0, 0.1) is 0 Å². The minimum atomic E-state index is -0.958. The van der Waals surface area contributed by atoms with Gasteiger partial charge < -0.3 is 9.84 Å². The van der Waals surface area contributed by atoms with Crippen LogP contribution in [-0.4, -0.2) is 27.5 Å². The molecule has 1 N–H and O–H groups in total. The van der Waals surface area contributed by atoms with E-state index in [1.165, 1.54) is 11.1 Å². The molecule has 0 spiro atoms. The van der Waals surface area contributed by atoms with Crippen molar-refractivity contribution in [3.05, 3.63) is 106 Å². The smallest absolute Gasteiger partial charge is 0.328 e. The van der Waals surface area contributed by atoms with Crippen molar-refractivity contribution in [1.29, 1.82) is 0 Å². The minimum Gasteiger partial charge on any atom is -0.478 e. The highest BCUT2D eigenvalue weighted by molar-refractivity contribution is 9.10. The molecule has 4 aromatic rings. The first-order valence-electron chi connectivity index (χ1n) is 12.6. The van der Waals surface area contributed by atoms with Gasteiger partial charge in [-0.15, -0.1) is 0 Å². The highest BCUT2D eigenvalue weighted by atomic mass is 79.9. The molecule has 6 heteroatoms. The quantitative estimate of drug-likeness (QED) is 0.185. The third kappa shape index (κ3) is 5.60. The molecule has 0 bridgehead atoms. The highest BCUT2D eigenvalue weighted by Gasteiger charge is 2.20. The van der Waals surface area contributed by atoms with Crippen LogP contribution in [0.25, 0.3) is 28.1 Å². The SMILES string of the molecule is CC/C(=C(/c1ccc(/C=C/C(=O)O)cc1)c1ccc2c(cnn2C2CCCCO2)c1)c1ccc(Br)cc1. The van der Waals surface area contributed by atoms with Gasteiger partial charge in [0.25, 0.3) is 0 Å². The number of hydrogen-bond donors (Lipinski definition) is 1. The van der Waals surface area contributed by atoms with Gasteiger partial charge in [-0.1, -0.05) is 65.3 Å². The lowest BCUT2D eigenvalue weighted by molar-refractivity contribution is -0.131. The number of nitrogens with zero attached hydrogens (tertiary/aromatic N) is 2. The molecule has 2 heterocycles. The van der Waals surface area contributed by atoms with E-state index in [0.29, 0.717) is 0 Å². The summed E-state index contributed by atoms with van der Waals surface area (Å²) in [4.78, 5) is 10.9. The molecule has 188 valence electrons. The molecule has 1 fully saturated rings. The molecule has 1 aliphatic heterocycles. The largest absolute Gasteiger partial charge is 0.478 e. The van der Waals surface area contributed by atoms with Crippen LogP contribution in [0.4, 0.5) is 0 Å². The molecule has 1 saturated heterocycles. The van der Waals surface area contributed by atoms with Crippen LogP contribution in [-0.2, 0) is 9.53 Å². The van der Waals surface area contributed by atoms with Gasteiger partial charge in [0.1, 0.15) is 0 Å². The van der Waals surface area contributed by atoms with E-state index in [1.807, 2.05) is 23.0 Å². The zero-order chi connectivity index (χ0) is 25.8. The lowest BCUT2D eigenvalue weighted by Gasteiger charge is -2.23. The summed E-state index contributed by atoms with van der Waals surface area (Å²) < 4.78 is 9.05. The second kappa shape index (κ2) is 11.3. The lowest BCUT2D eigenvalue weighted by Crippen LogP contribution is -2.18. The van der Waals surface area contributed by atoms with Crippen molar-refractivity contribution in [2.75, 3.05) is 6.61 Å². The number of ether oxygens (including phenoxy) is 1. The van der Waals surface area contributed by atoms with Gasteiger partial charge in [-0.3, -0.25) is 0 Å². The second-order valence-corrected chi connectivity index (χ2v) is 10.1. The van der Waals surface area contributed by atoms with E-state index in [-0.39, 0.29) is 6.23 Å². The maximum absolute atomic E-state index is 10.9. The number of carboxylic acid groups (broad SMARTS) is 1. The van der Waals surface area contributed by atoms with Crippen molar-refractivity contribution in [2.45, 2.75) is 38.8 Å². The summed E-state index contributed by atoms with van der Waals surface area (Å²) in [5, 5.41) is 14.7. The Kier molecular flexibility index (Phi) is 7.68. The standard InChI is InChI=1S/C31H29BrN2O3/c1-2-27(22-11-14-26(32)15-12-22)31(23-9-6-21(7-10-23)8-17-30(35)36)24-13-16-28-25(19-24)20-33-34(28)29-5-3-4-18-37-29/h6-17,19-20,29H,2-5,18H2,1H3,(H,35,36)/b17-8+,31-27+. The maximum Gasteiger partial charge on any atom is 0.328 e. The monoisotopic (exact) mass is 556 g/mol. The van der Waals surface area contributed by atoms with Crippen LogP contribution in [0.15, 0.2) is 83.5 Å². The van der Waals surface area contributed by atoms with Crippen LogP contribution in [0.3, 0.4) is 0 Å². The Balaban J connectivity index is 1.62. The predicted octanol–water partition coefficient (Wildman–Crippen LogP) is 7.96. The molecule has 3 aromatic carbocycles. The molecule has 1 atom stereocenters. The van der Waals surface area contributed by atoms with E-state index in [9.17, 15) is 4.79 Å². The van der Waals surface area contributed by atoms with Gasteiger partial charge in [0.05, 0.1) is 11.7 Å². The number of aliphatic carboxylic acids is 1. The number of carbonyl (C=O) groups is 1. The summed E-state index contributed by atoms with van der Waals surface area (Å²) >= 11 is 3.55. The van der Waals surface area contributed by atoms with Crippen LogP contribution in [0.1, 0.15) is 61.1 Å². The van der Waals surface area contributed by atoms with Crippen molar-refractivity contribution in [2.24, 2.45) is 0 Å². The number of fused-ring (bicyclic) bond motifs is 1. The number of carboxylic acids is 1. The van der Waals surface area contributed by atoms with Crippen molar-refractivity contribution in [3.8, 4) is 0 Å². The first-order chi connectivity index (χ1) is 18.0. The van der Waals surface area contributed by atoms with E-state index in [4.69, 9.17) is 9.84 Å². The van der Waals surface area contributed by atoms with Gasteiger partial charge in [-0.05, 0) is 89.4 Å². The predicted molar refractivity (Wildman–Crippen MR) is 152 cm³/mol. The molecule has 1 unspecified atom stereocenters. The molecule has 37 heavy (non-hydrogen) atoms. The molecule has 1 aliphatic rings. The van der Waals surface area contributed by atoms with Crippen LogP contribution in [0.2, 0.25) is 0 Å². The number of allylic oxidation sites excluding steroid dienone is 1. The minimum absolute atomic E-state index is 0.00696. The van der Waals surface area contributed by atoms with Gasteiger partial charge in [0.2, 0.25) is 0 Å². The zero-order valence-electron chi connectivity index (χ0n) is 20.7. The average Bonchev–Trinajstić information content (AvgIpc) is 3.35. The Bertz CT molecular complexity index is 1460. The maximum atomic E-state index is 10.9. The van der Waals surface area contributed by atoms with Crippen molar-refractivity contribution in [3.63, 3.8) is 0 Å². The Hall–Kier alpha value is -3.48. The molecular weight excluding hydrogens is 528 g/mol. The first-order valence-corrected chi connectivity index (χ1v) is 13.4. The van der Waals surface area contributed by atoms with E-state index >= 15 is 0 Å². The average molecular weight is 557 g/mol. The van der Waals surface area contributed by atoms with Crippen LogP contribution < -0.4 is 0 Å².